The maximum absolute atomic E-state index is 11.2. The van der Waals surface area contributed by atoms with Crippen molar-refractivity contribution in [1.29, 1.82) is 0 Å². The number of pyridine rings is 1. The van der Waals surface area contributed by atoms with Crippen LogP contribution in [0.5, 0.6) is 0 Å². The van der Waals surface area contributed by atoms with Gasteiger partial charge in [-0.25, -0.2) is 14.3 Å². The topological polar surface area (TPSA) is 70.7 Å². The minimum Gasteiger partial charge on any atom is -0.478 e. The van der Waals surface area contributed by atoms with Crippen LogP contribution in [0.4, 0.5) is 0 Å². The van der Waals surface area contributed by atoms with Crippen LogP contribution < -0.4 is 0 Å². The Morgan fingerprint density at radius 1 is 1.52 bits per heavy atom. The summed E-state index contributed by atoms with van der Waals surface area (Å²) in [6, 6.07) is 3.25. The predicted molar refractivity (Wildman–Crippen MR) is 78.5 cm³/mol. The Kier molecular flexibility index (Phi) is 3.88. The lowest BCUT2D eigenvalue weighted by atomic mass is 9.94. The van der Waals surface area contributed by atoms with Crippen molar-refractivity contribution >= 4 is 11.6 Å². The second-order valence-electron chi connectivity index (χ2n) is 5.63. The van der Waals surface area contributed by atoms with Gasteiger partial charge >= 0.3 is 5.97 Å². The summed E-state index contributed by atoms with van der Waals surface area (Å²) in [6.07, 6.45) is 4.97. The SMILES string of the molecule is CCN1CCCC(Cc2nc3c(C(=O)O)cccn3n2)C1. The molecule has 1 unspecified atom stereocenters. The van der Waals surface area contributed by atoms with Crippen LogP contribution in [0.3, 0.4) is 0 Å². The van der Waals surface area contributed by atoms with Crippen LogP contribution in [0.1, 0.15) is 35.9 Å². The number of carboxylic acid groups (broad SMARTS) is 1. The molecule has 2 aromatic rings. The molecular formula is C15H20N4O2. The smallest absolute Gasteiger partial charge is 0.339 e. The molecule has 0 aromatic carbocycles. The number of piperidine rings is 1. The van der Waals surface area contributed by atoms with Crippen molar-refractivity contribution in [2.24, 2.45) is 5.92 Å². The molecule has 1 N–H and O–H groups in total. The number of hydrogen-bond acceptors (Lipinski definition) is 4. The van der Waals surface area contributed by atoms with Crippen LogP contribution in [0, 0.1) is 5.92 Å². The Hall–Kier alpha value is -1.95. The molecule has 1 aliphatic rings. The van der Waals surface area contributed by atoms with E-state index >= 15 is 0 Å². The van der Waals surface area contributed by atoms with Crippen LogP contribution in [-0.2, 0) is 6.42 Å². The molecule has 1 atom stereocenters. The molecule has 3 rings (SSSR count). The molecule has 0 saturated carbocycles. The number of rotatable bonds is 4. The fraction of sp³-hybridized carbons (Fsp3) is 0.533. The van der Waals surface area contributed by atoms with E-state index in [1.807, 2.05) is 0 Å². The molecule has 6 heteroatoms. The first kappa shape index (κ1) is 14.0. The maximum atomic E-state index is 11.2. The van der Waals surface area contributed by atoms with Crippen LogP contribution in [0.2, 0.25) is 0 Å². The molecule has 1 saturated heterocycles. The molecule has 0 spiro atoms. The summed E-state index contributed by atoms with van der Waals surface area (Å²) in [4.78, 5) is 18.1. The van der Waals surface area contributed by atoms with E-state index in [0.29, 0.717) is 11.6 Å². The van der Waals surface area contributed by atoms with Crippen LogP contribution in [-0.4, -0.2) is 50.2 Å². The molecule has 1 fully saturated rings. The van der Waals surface area contributed by atoms with E-state index in [9.17, 15) is 9.90 Å². The average Bonchev–Trinajstić information content (AvgIpc) is 2.89. The molecule has 3 heterocycles. The maximum Gasteiger partial charge on any atom is 0.339 e. The molecule has 6 nitrogen and oxygen atoms in total. The van der Waals surface area contributed by atoms with Gasteiger partial charge in [-0.3, -0.25) is 0 Å². The van der Waals surface area contributed by atoms with Crippen molar-refractivity contribution < 1.29 is 9.90 Å². The van der Waals surface area contributed by atoms with Crippen molar-refractivity contribution in [2.45, 2.75) is 26.2 Å². The van der Waals surface area contributed by atoms with Gasteiger partial charge in [0.05, 0.1) is 0 Å². The highest BCUT2D eigenvalue weighted by atomic mass is 16.4. The van der Waals surface area contributed by atoms with E-state index in [0.717, 1.165) is 25.3 Å². The van der Waals surface area contributed by atoms with Crippen LogP contribution >= 0.6 is 0 Å². The number of aromatic carboxylic acids is 1. The van der Waals surface area contributed by atoms with E-state index in [1.165, 1.54) is 19.4 Å². The third-order valence-corrected chi connectivity index (χ3v) is 4.16. The summed E-state index contributed by atoms with van der Waals surface area (Å²) in [7, 11) is 0. The number of aromatic nitrogens is 3. The highest BCUT2D eigenvalue weighted by molar-refractivity contribution is 5.94. The monoisotopic (exact) mass is 288 g/mol. The van der Waals surface area contributed by atoms with Gasteiger partial charge in [0.1, 0.15) is 5.56 Å². The van der Waals surface area contributed by atoms with E-state index < -0.39 is 5.97 Å². The van der Waals surface area contributed by atoms with Crippen molar-refractivity contribution in [2.75, 3.05) is 19.6 Å². The lowest BCUT2D eigenvalue weighted by molar-refractivity contribution is 0.0698. The lowest BCUT2D eigenvalue weighted by Crippen LogP contribution is -2.36. The lowest BCUT2D eigenvalue weighted by Gasteiger charge is -2.31. The largest absolute Gasteiger partial charge is 0.478 e. The van der Waals surface area contributed by atoms with Crippen LogP contribution in [0.15, 0.2) is 18.3 Å². The fourth-order valence-corrected chi connectivity index (χ4v) is 3.07. The second kappa shape index (κ2) is 5.81. The zero-order chi connectivity index (χ0) is 14.8. The fourth-order valence-electron chi connectivity index (χ4n) is 3.07. The first-order chi connectivity index (χ1) is 10.2. The van der Waals surface area contributed by atoms with Gasteiger partial charge in [-0.2, -0.15) is 5.10 Å². The minimum atomic E-state index is -0.964. The summed E-state index contributed by atoms with van der Waals surface area (Å²) < 4.78 is 1.57. The van der Waals surface area contributed by atoms with Gasteiger partial charge in [-0.15, -0.1) is 0 Å². The highest BCUT2D eigenvalue weighted by Gasteiger charge is 2.21. The number of hydrogen-bond donors (Lipinski definition) is 1. The molecule has 2 aromatic heterocycles. The minimum absolute atomic E-state index is 0.204. The number of carboxylic acids is 1. The van der Waals surface area contributed by atoms with E-state index in [4.69, 9.17) is 0 Å². The molecule has 0 amide bonds. The van der Waals surface area contributed by atoms with Crippen molar-refractivity contribution in [3.8, 4) is 0 Å². The summed E-state index contributed by atoms with van der Waals surface area (Å²) in [5.74, 6) is 0.338. The molecule has 21 heavy (non-hydrogen) atoms. The molecule has 0 bridgehead atoms. The van der Waals surface area contributed by atoms with Crippen LogP contribution in [0.25, 0.3) is 5.65 Å². The summed E-state index contributed by atoms with van der Waals surface area (Å²) in [6.45, 7) is 5.52. The zero-order valence-electron chi connectivity index (χ0n) is 12.2. The van der Waals surface area contributed by atoms with Gasteiger partial charge in [0, 0.05) is 19.2 Å². The third-order valence-electron chi connectivity index (χ3n) is 4.16. The predicted octanol–water partition coefficient (Wildman–Crippen LogP) is 1.70. The Balaban J connectivity index is 1.81. The number of nitrogens with zero attached hydrogens (tertiary/aromatic N) is 4. The summed E-state index contributed by atoms with van der Waals surface area (Å²) in [5.41, 5.74) is 0.637. The van der Waals surface area contributed by atoms with Gasteiger partial charge in [-0.05, 0) is 44.0 Å². The number of fused-ring (bicyclic) bond motifs is 1. The van der Waals surface area contributed by atoms with Gasteiger partial charge in [0.25, 0.3) is 0 Å². The average molecular weight is 288 g/mol. The summed E-state index contributed by atoms with van der Waals surface area (Å²) in [5, 5.41) is 13.6. The van der Waals surface area contributed by atoms with E-state index in [1.54, 1.807) is 22.8 Å². The van der Waals surface area contributed by atoms with Gasteiger partial charge in [0.2, 0.25) is 0 Å². The van der Waals surface area contributed by atoms with E-state index in [-0.39, 0.29) is 5.56 Å². The zero-order valence-corrected chi connectivity index (χ0v) is 12.2. The van der Waals surface area contributed by atoms with Gasteiger partial charge < -0.3 is 10.0 Å². The molecule has 0 radical (unpaired) electrons. The first-order valence-electron chi connectivity index (χ1n) is 7.47. The van der Waals surface area contributed by atoms with Crippen molar-refractivity contribution in [3.63, 3.8) is 0 Å². The van der Waals surface area contributed by atoms with E-state index in [2.05, 4.69) is 21.9 Å². The Labute approximate surface area is 123 Å². The quantitative estimate of drug-likeness (QED) is 0.927. The highest BCUT2D eigenvalue weighted by Crippen LogP contribution is 2.20. The standard InChI is InChI=1S/C15H20N4O2/c1-2-18-7-3-5-11(10-18)9-13-16-14-12(15(20)21)6-4-8-19(14)17-13/h4,6,8,11H,2-3,5,7,9-10H2,1H3,(H,20,21). The molecular weight excluding hydrogens is 268 g/mol. The first-order valence-corrected chi connectivity index (χ1v) is 7.47. The number of likely N-dealkylation sites (tertiary alicyclic amines) is 1. The number of carbonyl (C=O) groups is 1. The van der Waals surface area contributed by atoms with Crippen molar-refractivity contribution in [3.05, 3.63) is 29.7 Å². The van der Waals surface area contributed by atoms with Crippen molar-refractivity contribution in [1.82, 2.24) is 19.5 Å². The Bertz CT molecular complexity index is 652. The Morgan fingerprint density at radius 2 is 2.38 bits per heavy atom. The normalized spacial score (nSPS) is 20.0. The Morgan fingerprint density at radius 3 is 3.14 bits per heavy atom. The molecule has 112 valence electrons. The van der Waals surface area contributed by atoms with Gasteiger partial charge in [-0.1, -0.05) is 6.92 Å². The summed E-state index contributed by atoms with van der Waals surface area (Å²) >= 11 is 0. The molecule has 1 aliphatic heterocycles. The second-order valence-corrected chi connectivity index (χ2v) is 5.63. The van der Waals surface area contributed by atoms with Gasteiger partial charge in [0.15, 0.2) is 11.5 Å². The molecule has 0 aliphatic carbocycles. The third kappa shape index (κ3) is 2.90.